The standard InChI is InChI=1S/C29H35N5O5.C2HF3O2/c1-3-30-28(37)34-15-6-14-29(19-34,18-26(35)33-38)32-27(36)21-9-11-23(12-10-21)39-16-13-22-17-20(2)31-25-8-5-4-7-24(22)25;3-2(4,5)1(6)7/h4-5,7-12,17,38H,3,6,13-16,18-19H2,1-2H3,(H,30,37)(H,32,36)(H,33,35);(H,6,7). The average molecular weight is 648 g/mol. The number of carboxylic acids is 1. The molecule has 46 heavy (non-hydrogen) atoms. The number of aryl methyl sites for hydroxylation is 1. The van der Waals surface area contributed by atoms with Crippen molar-refractivity contribution in [3.8, 4) is 5.75 Å². The number of pyridine rings is 1. The largest absolute Gasteiger partial charge is 0.493 e. The van der Waals surface area contributed by atoms with E-state index in [-0.39, 0.29) is 24.9 Å². The third-order valence-corrected chi connectivity index (χ3v) is 7.12. The number of aliphatic carboxylic acids is 1. The summed E-state index contributed by atoms with van der Waals surface area (Å²) in [5.74, 6) is -3.12. The zero-order valence-electron chi connectivity index (χ0n) is 25.3. The molecule has 1 aromatic heterocycles. The average Bonchev–Trinajstić information content (AvgIpc) is 3.01. The molecule has 2 aromatic carbocycles. The van der Waals surface area contributed by atoms with Crippen LogP contribution in [0.15, 0.2) is 54.6 Å². The van der Waals surface area contributed by atoms with Crippen LogP contribution in [0.1, 0.15) is 47.8 Å². The van der Waals surface area contributed by atoms with Gasteiger partial charge in [0.05, 0.1) is 24.1 Å². The number of alkyl halides is 3. The summed E-state index contributed by atoms with van der Waals surface area (Å²) in [7, 11) is 0. The number of likely N-dealkylation sites (tertiary alicyclic amines) is 1. The second-order valence-electron chi connectivity index (χ2n) is 10.7. The van der Waals surface area contributed by atoms with Crippen LogP contribution in [0, 0.1) is 6.92 Å². The van der Waals surface area contributed by atoms with Crippen LogP contribution in [-0.4, -0.2) is 82.0 Å². The summed E-state index contributed by atoms with van der Waals surface area (Å²) in [4.78, 5) is 52.8. The minimum absolute atomic E-state index is 0.155. The molecular weight excluding hydrogens is 611 g/mol. The molecule has 1 aliphatic rings. The number of nitrogens with one attached hydrogen (secondary N) is 3. The molecule has 4 rings (SSSR count). The zero-order chi connectivity index (χ0) is 33.9. The first-order valence-electron chi connectivity index (χ1n) is 14.4. The van der Waals surface area contributed by atoms with Gasteiger partial charge in [0, 0.05) is 42.7 Å². The lowest BCUT2D eigenvalue weighted by Gasteiger charge is -2.42. The summed E-state index contributed by atoms with van der Waals surface area (Å²) in [6.07, 6.45) is -3.43. The number of ether oxygens (including phenoxy) is 1. The Bertz CT molecular complexity index is 1540. The highest BCUT2D eigenvalue weighted by Gasteiger charge is 2.40. The Hall–Kier alpha value is -4.92. The second kappa shape index (κ2) is 15.9. The Morgan fingerprint density at radius 1 is 1.09 bits per heavy atom. The monoisotopic (exact) mass is 647 g/mol. The summed E-state index contributed by atoms with van der Waals surface area (Å²) in [5, 5.41) is 23.1. The van der Waals surface area contributed by atoms with E-state index in [2.05, 4.69) is 27.8 Å². The molecule has 5 N–H and O–H groups in total. The highest BCUT2D eigenvalue weighted by Crippen LogP contribution is 2.26. The van der Waals surface area contributed by atoms with Gasteiger partial charge in [0.1, 0.15) is 5.75 Å². The fourth-order valence-electron chi connectivity index (χ4n) is 5.10. The number of fused-ring (bicyclic) bond motifs is 1. The first-order valence-corrected chi connectivity index (χ1v) is 14.4. The van der Waals surface area contributed by atoms with Gasteiger partial charge in [-0.15, -0.1) is 0 Å². The molecule has 0 radical (unpaired) electrons. The van der Waals surface area contributed by atoms with Gasteiger partial charge in [-0.3, -0.25) is 19.8 Å². The van der Waals surface area contributed by atoms with Crippen LogP contribution in [0.2, 0.25) is 0 Å². The quantitative estimate of drug-likeness (QED) is 0.172. The molecule has 0 saturated carbocycles. The Labute approximate surface area is 262 Å². The third kappa shape index (κ3) is 10.1. The Morgan fingerprint density at radius 3 is 2.39 bits per heavy atom. The molecule has 1 unspecified atom stereocenters. The van der Waals surface area contributed by atoms with Crippen LogP contribution < -0.4 is 20.9 Å². The van der Waals surface area contributed by atoms with E-state index in [0.29, 0.717) is 50.3 Å². The normalized spacial score (nSPS) is 16.1. The van der Waals surface area contributed by atoms with E-state index in [1.54, 1.807) is 34.6 Å². The zero-order valence-corrected chi connectivity index (χ0v) is 25.3. The van der Waals surface area contributed by atoms with Crippen molar-refractivity contribution in [2.45, 2.75) is 51.2 Å². The maximum atomic E-state index is 13.2. The fourth-order valence-corrected chi connectivity index (χ4v) is 5.10. The lowest BCUT2D eigenvalue weighted by Crippen LogP contribution is -2.62. The van der Waals surface area contributed by atoms with Gasteiger partial charge in [-0.25, -0.2) is 15.1 Å². The molecule has 0 spiro atoms. The number of halogens is 3. The highest BCUT2D eigenvalue weighted by molar-refractivity contribution is 5.95. The number of amides is 4. The number of hydrogen-bond donors (Lipinski definition) is 5. The Kier molecular flexibility index (Phi) is 12.3. The number of urea groups is 1. The molecule has 1 saturated heterocycles. The number of piperidine rings is 1. The van der Waals surface area contributed by atoms with E-state index in [0.717, 1.165) is 16.6 Å². The first kappa shape index (κ1) is 35.6. The number of aromatic nitrogens is 1. The SMILES string of the molecule is CCNC(=O)N1CCCC(CC(=O)NO)(NC(=O)c2ccc(OCCc3cc(C)nc4ccccc34)cc2)C1.O=C(O)C(F)(F)F. The molecule has 4 amide bonds. The van der Waals surface area contributed by atoms with Crippen LogP contribution in [0.5, 0.6) is 5.75 Å². The van der Waals surface area contributed by atoms with E-state index in [9.17, 15) is 27.6 Å². The van der Waals surface area contributed by atoms with E-state index >= 15 is 0 Å². The molecule has 248 valence electrons. The lowest BCUT2D eigenvalue weighted by molar-refractivity contribution is -0.192. The van der Waals surface area contributed by atoms with Crippen molar-refractivity contribution >= 4 is 34.7 Å². The van der Waals surface area contributed by atoms with Crippen molar-refractivity contribution < 1.29 is 47.4 Å². The van der Waals surface area contributed by atoms with E-state index in [4.69, 9.17) is 19.8 Å². The van der Waals surface area contributed by atoms with Crippen molar-refractivity contribution in [3.63, 3.8) is 0 Å². The molecule has 12 nitrogen and oxygen atoms in total. The summed E-state index contributed by atoms with van der Waals surface area (Å²) in [6, 6.07) is 16.7. The summed E-state index contributed by atoms with van der Waals surface area (Å²) in [5.41, 5.74) is 4.12. The van der Waals surface area contributed by atoms with E-state index in [1.807, 2.05) is 32.0 Å². The van der Waals surface area contributed by atoms with Gasteiger partial charge in [0.25, 0.3) is 5.91 Å². The minimum atomic E-state index is -5.08. The summed E-state index contributed by atoms with van der Waals surface area (Å²) < 4.78 is 37.7. The predicted molar refractivity (Wildman–Crippen MR) is 160 cm³/mol. The van der Waals surface area contributed by atoms with Gasteiger partial charge in [0.15, 0.2) is 0 Å². The van der Waals surface area contributed by atoms with Crippen molar-refractivity contribution in [3.05, 3.63) is 71.4 Å². The van der Waals surface area contributed by atoms with E-state index in [1.165, 1.54) is 5.56 Å². The van der Waals surface area contributed by atoms with Gasteiger partial charge in [-0.1, -0.05) is 18.2 Å². The number of carbonyl (C=O) groups excluding carboxylic acids is 3. The molecule has 15 heteroatoms. The van der Waals surface area contributed by atoms with Crippen molar-refractivity contribution in [1.29, 1.82) is 0 Å². The highest BCUT2D eigenvalue weighted by atomic mass is 19.4. The third-order valence-electron chi connectivity index (χ3n) is 7.12. The molecule has 2 heterocycles. The Morgan fingerprint density at radius 2 is 1.76 bits per heavy atom. The lowest BCUT2D eigenvalue weighted by atomic mass is 9.85. The smallest absolute Gasteiger partial charge is 0.490 e. The Balaban J connectivity index is 0.000000738. The maximum Gasteiger partial charge on any atom is 0.490 e. The summed E-state index contributed by atoms with van der Waals surface area (Å²) >= 11 is 0. The van der Waals surface area contributed by atoms with Crippen LogP contribution in [-0.2, 0) is 16.0 Å². The van der Waals surface area contributed by atoms with Gasteiger partial charge < -0.3 is 25.4 Å². The van der Waals surface area contributed by atoms with Crippen LogP contribution in [0.25, 0.3) is 10.9 Å². The fraction of sp³-hybridized carbons (Fsp3) is 0.387. The number of hydroxylamine groups is 1. The number of para-hydroxylation sites is 1. The van der Waals surface area contributed by atoms with Gasteiger partial charge >= 0.3 is 18.2 Å². The molecule has 1 fully saturated rings. The minimum Gasteiger partial charge on any atom is -0.493 e. The molecule has 3 aromatic rings. The predicted octanol–water partition coefficient (Wildman–Crippen LogP) is 3.99. The number of rotatable bonds is 9. The van der Waals surface area contributed by atoms with Crippen LogP contribution in [0.3, 0.4) is 0 Å². The molecule has 0 bridgehead atoms. The number of carbonyl (C=O) groups is 4. The van der Waals surface area contributed by atoms with Crippen molar-refractivity contribution in [1.82, 2.24) is 26.0 Å². The van der Waals surface area contributed by atoms with Gasteiger partial charge in [0.2, 0.25) is 5.91 Å². The number of hydrogen-bond acceptors (Lipinski definition) is 7. The number of nitrogens with zero attached hydrogens (tertiary/aromatic N) is 2. The maximum absolute atomic E-state index is 13.2. The molecule has 1 aliphatic heterocycles. The van der Waals surface area contributed by atoms with Gasteiger partial charge in [-0.05, 0) is 68.7 Å². The van der Waals surface area contributed by atoms with Crippen molar-refractivity contribution in [2.75, 3.05) is 26.2 Å². The van der Waals surface area contributed by atoms with Gasteiger partial charge in [-0.2, -0.15) is 13.2 Å². The molecule has 0 aliphatic carbocycles. The van der Waals surface area contributed by atoms with Crippen LogP contribution >= 0.6 is 0 Å². The second-order valence-corrected chi connectivity index (χ2v) is 10.7. The topological polar surface area (TPSA) is 170 Å². The van der Waals surface area contributed by atoms with Crippen LogP contribution in [0.4, 0.5) is 18.0 Å². The van der Waals surface area contributed by atoms with Crippen molar-refractivity contribution in [2.24, 2.45) is 0 Å². The molecule has 1 atom stereocenters. The number of carboxylic acid groups (broad SMARTS) is 1. The number of benzene rings is 2. The molecular formula is C31H36F3N5O7. The van der Waals surface area contributed by atoms with E-state index < -0.39 is 23.6 Å². The summed E-state index contributed by atoms with van der Waals surface area (Å²) in [6.45, 7) is 5.41. The first-order chi connectivity index (χ1) is 21.8.